The zero-order valence-corrected chi connectivity index (χ0v) is 6.78. The first-order valence-corrected chi connectivity index (χ1v) is 3.54. The highest BCUT2D eigenvalue weighted by Crippen LogP contribution is 1.94. The molecule has 0 atom stereocenters. The molecule has 8 nitrogen and oxygen atoms in total. The monoisotopic (exact) mass is 186 g/mol. The second-order valence-corrected chi connectivity index (χ2v) is 2.32. The Bertz CT molecular complexity index is 262. The number of guanidine groups is 1. The number of nitrogens with zero attached hydrogens (tertiary/aromatic N) is 2. The maximum atomic E-state index is 10.5. The lowest BCUT2D eigenvalue weighted by molar-refractivity contribution is 0.226. The number of amides is 4. The van der Waals surface area contributed by atoms with Crippen molar-refractivity contribution in [1.29, 1.82) is 0 Å². The number of carbonyl (C=O) groups excluding carboxylic acids is 2. The van der Waals surface area contributed by atoms with Crippen molar-refractivity contribution in [2.45, 2.75) is 0 Å². The zero-order chi connectivity index (χ0) is 9.84. The third-order valence-electron chi connectivity index (χ3n) is 1.32. The van der Waals surface area contributed by atoms with Crippen molar-refractivity contribution in [3.63, 3.8) is 0 Å². The fourth-order valence-electron chi connectivity index (χ4n) is 0.906. The first-order chi connectivity index (χ1) is 6.09. The fourth-order valence-corrected chi connectivity index (χ4v) is 0.906. The Morgan fingerprint density at radius 1 is 1.38 bits per heavy atom. The van der Waals surface area contributed by atoms with Crippen molar-refractivity contribution >= 4 is 18.0 Å². The summed E-state index contributed by atoms with van der Waals surface area (Å²) in [6, 6.07) is -1.46. The number of hydrogen-bond acceptors (Lipinski definition) is 4. The molecule has 1 rings (SSSR count). The van der Waals surface area contributed by atoms with E-state index in [1.54, 1.807) is 0 Å². The standard InChI is InChI=1S/C5H10N6O2/c6-3(12)9-5-8-1-2-11(5)10-4(7)13/h1-2H2,(H3,7,10,13)(H3,6,8,9,12). The second kappa shape index (κ2) is 3.61. The molecule has 0 fully saturated rings. The van der Waals surface area contributed by atoms with Crippen LogP contribution in [0.1, 0.15) is 0 Å². The van der Waals surface area contributed by atoms with Gasteiger partial charge in [0.15, 0.2) is 0 Å². The van der Waals surface area contributed by atoms with Gasteiger partial charge in [0, 0.05) is 0 Å². The lowest BCUT2D eigenvalue weighted by Gasteiger charge is -2.18. The summed E-state index contributed by atoms with van der Waals surface area (Å²) in [4.78, 5) is 24.8. The maximum Gasteiger partial charge on any atom is 0.331 e. The molecule has 0 aliphatic carbocycles. The van der Waals surface area contributed by atoms with Crippen molar-refractivity contribution in [1.82, 2.24) is 15.8 Å². The van der Waals surface area contributed by atoms with E-state index >= 15 is 0 Å². The minimum absolute atomic E-state index is 0.200. The maximum absolute atomic E-state index is 10.5. The van der Waals surface area contributed by atoms with E-state index < -0.39 is 12.1 Å². The second-order valence-electron chi connectivity index (χ2n) is 2.32. The van der Waals surface area contributed by atoms with Crippen molar-refractivity contribution < 1.29 is 9.59 Å². The third-order valence-corrected chi connectivity index (χ3v) is 1.32. The average molecular weight is 186 g/mol. The van der Waals surface area contributed by atoms with Gasteiger partial charge in [0.25, 0.3) is 0 Å². The molecule has 0 bridgehead atoms. The van der Waals surface area contributed by atoms with Gasteiger partial charge in [-0.25, -0.2) is 20.0 Å². The summed E-state index contributed by atoms with van der Waals surface area (Å²) < 4.78 is 0. The number of rotatable bonds is 1. The van der Waals surface area contributed by atoms with E-state index in [0.29, 0.717) is 13.1 Å². The van der Waals surface area contributed by atoms with Gasteiger partial charge in [0.05, 0.1) is 13.1 Å². The molecule has 0 saturated heterocycles. The van der Waals surface area contributed by atoms with E-state index in [0.717, 1.165) is 0 Å². The minimum atomic E-state index is -0.739. The molecule has 0 aromatic heterocycles. The lowest BCUT2D eigenvalue weighted by Crippen LogP contribution is -2.53. The minimum Gasteiger partial charge on any atom is -0.351 e. The molecule has 6 N–H and O–H groups in total. The van der Waals surface area contributed by atoms with Crippen molar-refractivity contribution in [3.05, 3.63) is 0 Å². The van der Waals surface area contributed by atoms with Gasteiger partial charge in [-0.2, -0.15) is 0 Å². The van der Waals surface area contributed by atoms with E-state index in [1.807, 2.05) is 0 Å². The van der Waals surface area contributed by atoms with Crippen molar-refractivity contribution in [2.75, 3.05) is 13.1 Å². The molecule has 0 aromatic rings. The Morgan fingerprint density at radius 2 is 2.08 bits per heavy atom. The van der Waals surface area contributed by atoms with Gasteiger partial charge >= 0.3 is 12.1 Å². The van der Waals surface area contributed by atoms with Gasteiger partial charge in [0.1, 0.15) is 0 Å². The number of carbonyl (C=O) groups is 2. The van der Waals surface area contributed by atoms with Crippen LogP contribution in [0, 0.1) is 0 Å². The van der Waals surface area contributed by atoms with Gasteiger partial charge in [-0.3, -0.25) is 10.3 Å². The van der Waals surface area contributed by atoms with Gasteiger partial charge in [-0.1, -0.05) is 0 Å². The molecule has 1 heterocycles. The van der Waals surface area contributed by atoms with E-state index in [4.69, 9.17) is 11.5 Å². The predicted molar refractivity (Wildman–Crippen MR) is 44.4 cm³/mol. The summed E-state index contributed by atoms with van der Waals surface area (Å²) in [6.07, 6.45) is 0. The average Bonchev–Trinajstić information content (AvgIpc) is 2.34. The Kier molecular flexibility index (Phi) is 2.52. The van der Waals surface area contributed by atoms with E-state index in [2.05, 4.69) is 15.7 Å². The Labute approximate surface area is 73.9 Å². The van der Waals surface area contributed by atoms with Crippen molar-refractivity contribution in [3.8, 4) is 0 Å². The van der Waals surface area contributed by atoms with Gasteiger partial charge in [-0.15, -0.1) is 0 Å². The number of primary amides is 2. The quantitative estimate of drug-likeness (QED) is 0.375. The van der Waals surface area contributed by atoms with Crippen LogP contribution in [0.2, 0.25) is 0 Å². The summed E-state index contributed by atoms with van der Waals surface area (Å²) in [5.41, 5.74) is 12.0. The summed E-state index contributed by atoms with van der Waals surface area (Å²) in [5, 5.41) is 3.55. The highest BCUT2D eigenvalue weighted by Gasteiger charge is 2.18. The fraction of sp³-hybridized carbons (Fsp3) is 0.400. The highest BCUT2D eigenvalue weighted by molar-refractivity contribution is 5.96. The summed E-state index contributed by atoms with van der Waals surface area (Å²) in [6.45, 7) is 0.925. The lowest BCUT2D eigenvalue weighted by atomic mass is 10.7. The molecule has 0 aromatic carbocycles. The number of nitrogens with two attached hydrogens (primary N) is 2. The molecule has 1 aliphatic rings. The highest BCUT2D eigenvalue weighted by atomic mass is 16.2. The number of aliphatic imine (C=N–C) groups is 1. The molecule has 72 valence electrons. The van der Waals surface area contributed by atoms with Gasteiger partial charge in [0.2, 0.25) is 5.96 Å². The Morgan fingerprint density at radius 3 is 2.62 bits per heavy atom. The largest absolute Gasteiger partial charge is 0.351 e. The van der Waals surface area contributed by atoms with Crippen LogP contribution in [0.3, 0.4) is 0 Å². The van der Waals surface area contributed by atoms with Crippen LogP contribution in [-0.4, -0.2) is 36.1 Å². The van der Waals surface area contributed by atoms with Crippen LogP contribution in [0.25, 0.3) is 0 Å². The molecule has 13 heavy (non-hydrogen) atoms. The van der Waals surface area contributed by atoms with Crippen LogP contribution >= 0.6 is 0 Å². The van der Waals surface area contributed by atoms with Crippen LogP contribution in [0.15, 0.2) is 4.99 Å². The number of urea groups is 2. The van der Waals surface area contributed by atoms with E-state index in [1.165, 1.54) is 5.01 Å². The Hall–Kier alpha value is -1.99. The topological polar surface area (TPSA) is 126 Å². The normalized spacial score (nSPS) is 15.1. The van der Waals surface area contributed by atoms with Gasteiger partial charge in [-0.05, 0) is 0 Å². The van der Waals surface area contributed by atoms with Crippen molar-refractivity contribution in [2.24, 2.45) is 16.5 Å². The molecule has 0 unspecified atom stereocenters. The molecule has 0 saturated carbocycles. The van der Waals surface area contributed by atoms with Crippen LogP contribution in [0.5, 0.6) is 0 Å². The summed E-state index contributed by atoms with van der Waals surface area (Å²) in [7, 11) is 0. The van der Waals surface area contributed by atoms with E-state index in [-0.39, 0.29) is 5.96 Å². The molecule has 0 radical (unpaired) electrons. The molecule has 8 heteroatoms. The summed E-state index contributed by atoms with van der Waals surface area (Å²) >= 11 is 0. The van der Waals surface area contributed by atoms with Gasteiger partial charge < -0.3 is 11.5 Å². The molecule has 4 amide bonds. The molecular weight excluding hydrogens is 176 g/mol. The Balaban J connectivity index is 2.52. The molecule has 0 spiro atoms. The number of hydrazine groups is 1. The smallest absolute Gasteiger partial charge is 0.331 e. The van der Waals surface area contributed by atoms with Crippen LogP contribution in [0.4, 0.5) is 9.59 Å². The van der Waals surface area contributed by atoms with Crippen LogP contribution < -0.4 is 22.2 Å². The van der Waals surface area contributed by atoms with Crippen LogP contribution in [-0.2, 0) is 0 Å². The number of hydrogen-bond donors (Lipinski definition) is 4. The molecule has 1 aliphatic heterocycles. The SMILES string of the molecule is NC(=O)NC1=NCCN1NC(N)=O. The van der Waals surface area contributed by atoms with E-state index in [9.17, 15) is 9.59 Å². The summed E-state index contributed by atoms with van der Waals surface area (Å²) in [5.74, 6) is 0.200. The predicted octanol–water partition coefficient (Wildman–Crippen LogP) is -2.09. The molecular formula is C5H10N6O2. The first kappa shape index (κ1) is 9.10. The third kappa shape index (κ3) is 2.51. The first-order valence-electron chi connectivity index (χ1n) is 3.54. The number of nitrogens with one attached hydrogen (secondary N) is 2. The zero-order valence-electron chi connectivity index (χ0n) is 6.78.